The van der Waals surface area contributed by atoms with Crippen LogP contribution in [0.1, 0.15) is 12.8 Å². The molecular formula is C9H12N2O3S. The molecule has 2 rings (SSSR count). The number of sulfone groups is 1. The molecule has 1 fully saturated rings. The fraction of sp³-hybridized carbons (Fsp3) is 0.444. The lowest BCUT2D eigenvalue weighted by Crippen LogP contribution is -2.10. The maximum atomic E-state index is 12.0. The average Bonchev–Trinajstić information content (AvgIpc) is 3.00. The molecule has 1 aromatic rings. The molecular weight excluding hydrogens is 216 g/mol. The molecule has 1 aliphatic rings. The molecule has 0 aromatic carbocycles. The number of nitrogens with zero attached hydrogens (tertiary/aromatic N) is 1. The Morgan fingerprint density at radius 3 is 2.73 bits per heavy atom. The van der Waals surface area contributed by atoms with Gasteiger partial charge in [-0.25, -0.2) is 13.4 Å². The third-order valence-electron chi connectivity index (χ3n) is 2.37. The molecule has 6 heteroatoms. The summed E-state index contributed by atoms with van der Waals surface area (Å²) >= 11 is 0. The molecule has 0 atom stereocenters. The first-order chi connectivity index (χ1) is 7.07. The minimum atomic E-state index is -3.28. The number of anilines is 1. The van der Waals surface area contributed by atoms with E-state index in [1.54, 1.807) is 0 Å². The average molecular weight is 228 g/mol. The number of rotatable bonds is 3. The van der Waals surface area contributed by atoms with Crippen LogP contribution in [0.15, 0.2) is 17.2 Å². The molecule has 0 unspecified atom stereocenters. The van der Waals surface area contributed by atoms with Crippen molar-refractivity contribution >= 4 is 15.7 Å². The van der Waals surface area contributed by atoms with E-state index < -0.39 is 9.84 Å². The molecule has 0 amide bonds. The summed E-state index contributed by atoms with van der Waals surface area (Å²) < 4.78 is 28.9. The van der Waals surface area contributed by atoms with E-state index in [1.165, 1.54) is 19.4 Å². The molecule has 0 saturated heterocycles. The fourth-order valence-electron chi connectivity index (χ4n) is 1.43. The Kier molecular flexibility index (Phi) is 2.30. The van der Waals surface area contributed by atoms with Crippen molar-refractivity contribution in [2.24, 2.45) is 0 Å². The monoisotopic (exact) mass is 228 g/mol. The first kappa shape index (κ1) is 10.2. The Labute approximate surface area is 88.2 Å². The summed E-state index contributed by atoms with van der Waals surface area (Å²) in [5.41, 5.74) is 5.55. The Hall–Kier alpha value is -1.30. The molecule has 0 radical (unpaired) electrons. The first-order valence-electron chi connectivity index (χ1n) is 4.59. The van der Waals surface area contributed by atoms with Crippen LogP contribution in [0.4, 0.5) is 5.82 Å². The number of ether oxygens (including phenoxy) is 1. The maximum Gasteiger partial charge on any atom is 0.185 e. The predicted molar refractivity (Wildman–Crippen MR) is 55.4 cm³/mol. The van der Waals surface area contributed by atoms with Gasteiger partial charge in [-0.15, -0.1) is 0 Å². The molecule has 2 N–H and O–H groups in total. The zero-order valence-electron chi connectivity index (χ0n) is 8.30. The van der Waals surface area contributed by atoms with Gasteiger partial charge in [0.15, 0.2) is 21.4 Å². The molecule has 0 spiro atoms. The standard InChI is InChI=1S/C9H12N2O3S/c1-14-8-7(4-5-11-9(8)10)15(12,13)6-2-3-6/h4-6H,2-3H2,1H3,(H2,10,11). The van der Waals surface area contributed by atoms with E-state index in [0.29, 0.717) is 12.8 Å². The molecule has 1 aliphatic carbocycles. The van der Waals surface area contributed by atoms with Gasteiger partial charge in [0.05, 0.1) is 12.4 Å². The normalized spacial score (nSPS) is 16.3. The second-order valence-electron chi connectivity index (χ2n) is 3.47. The summed E-state index contributed by atoms with van der Waals surface area (Å²) in [4.78, 5) is 3.94. The smallest absolute Gasteiger partial charge is 0.185 e. The van der Waals surface area contributed by atoms with Gasteiger partial charge in [0.2, 0.25) is 0 Å². The van der Waals surface area contributed by atoms with Crippen molar-refractivity contribution in [2.75, 3.05) is 12.8 Å². The van der Waals surface area contributed by atoms with Crippen LogP contribution in [0.2, 0.25) is 0 Å². The minimum Gasteiger partial charge on any atom is -0.492 e. The van der Waals surface area contributed by atoms with Crippen LogP contribution in [0, 0.1) is 0 Å². The van der Waals surface area contributed by atoms with E-state index in [2.05, 4.69) is 4.98 Å². The number of hydrogen-bond donors (Lipinski definition) is 1. The largest absolute Gasteiger partial charge is 0.492 e. The van der Waals surface area contributed by atoms with Crippen LogP contribution in [0.5, 0.6) is 5.75 Å². The van der Waals surface area contributed by atoms with Crippen LogP contribution >= 0.6 is 0 Å². The third kappa shape index (κ3) is 1.65. The van der Waals surface area contributed by atoms with Crippen LogP contribution in [0.3, 0.4) is 0 Å². The lowest BCUT2D eigenvalue weighted by molar-refractivity contribution is 0.403. The van der Waals surface area contributed by atoms with Crippen molar-refractivity contribution in [1.29, 1.82) is 0 Å². The van der Waals surface area contributed by atoms with Gasteiger partial charge >= 0.3 is 0 Å². The second-order valence-corrected chi connectivity index (χ2v) is 5.67. The molecule has 82 valence electrons. The number of hydrogen-bond acceptors (Lipinski definition) is 5. The highest BCUT2D eigenvalue weighted by molar-refractivity contribution is 7.92. The van der Waals surface area contributed by atoms with Crippen LogP contribution in [-0.2, 0) is 9.84 Å². The van der Waals surface area contributed by atoms with E-state index in [1.807, 2.05) is 0 Å². The summed E-state index contributed by atoms with van der Waals surface area (Å²) in [6.07, 6.45) is 2.81. The summed E-state index contributed by atoms with van der Waals surface area (Å²) in [5, 5.41) is -0.270. The maximum absolute atomic E-state index is 12.0. The highest BCUT2D eigenvalue weighted by Gasteiger charge is 2.39. The van der Waals surface area contributed by atoms with Gasteiger partial charge in [-0.2, -0.15) is 0 Å². The van der Waals surface area contributed by atoms with Crippen molar-refractivity contribution in [2.45, 2.75) is 23.0 Å². The molecule has 0 aliphatic heterocycles. The van der Waals surface area contributed by atoms with Crippen molar-refractivity contribution in [3.05, 3.63) is 12.3 Å². The molecule has 1 saturated carbocycles. The highest BCUT2D eigenvalue weighted by Crippen LogP contribution is 2.38. The van der Waals surface area contributed by atoms with Gasteiger partial charge in [-0.05, 0) is 18.9 Å². The van der Waals surface area contributed by atoms with E-state index in [-0.39, 0.29) is 21.7 Å². The minimum absolute atomic E-state index is 0.110. The predicted octanol–water partition coefficient (Wildman–Crippen LogP) is 0.608. The fourth-order valence-corrected chi connectivity index (χ4v) is 3.25. The lowest BCUT2D eigenvalue weighted by Gasteiger charge is -2.09. The number of aromatic nitrogens is 1. The van der Waals surface area contributed by atoms with Crippen molar-refractivity contribution in [3.8, 4) is 5.75 Å². The van der Waals surface area contributed by atoms with E-state index >= 15 is 0 Å². The van der Waals surface area contributed by atoms with Gasteiger partial charge in [0, 0.05) is 6.20 Å². The molecule has 0 bridgehead atoms. The van der Waals surface area contributed by atoms with Crippen LogP contribution in [-0.4, -0.2) is 25.8 Å². The van der Waals surface area contributed by atoms with Gasteiger partial charge < -0.3 is 10.5 Å². The zero-order valence-corrected chi connectivity index (χ0v) is 9.12. The van der Waals surface area contributed by atoms with Crippen molar-refractivity contribution in [1.82, 2.24) is 4.98 Å². The number of methoxy groups -OCH3 is 1. The highest BCUT2D eigenvalue weighted by atomic mass is 32.2. The van der Waals surface area contributed by atoms with Crippen molar-refractivity contribution in [3.63, 3.8) is 0 Å². The molecule has 1 aromatic heterocycles. The molecule has 5 nitrogen and oxygen atoms in total. The van der Waals surface area contributed by atoms with E-state index in [4.69, 9.17) is 10.5 Å². The molecule has 15 heavy (non-hydrogen) atoms. The first-order valence-corrected chi connectivity index (χ1v) is 6.14. The SMILES string of the molecule is COc1c(S(=O)(=O)C2CC2)ccnc1N. The Morgan fingerprint density at radius 1 is 1.53 bits per heavy atom. The summed E-state index contributed by atoms with van der Waals surface area (Å²) in [7, 11) is -1.89. The number of pyridine rings is 1. The van der Waals surface area contributed by atoms with Crippen LogP contribution < -0.4 is 10.5 Å². The Balaban J connectivity index is 2.57. The molecule has 1 heterocycles. The van der Waals surface area contributed by atoms with E-state index in [0.717, 1.165) is 0 Å². The Morgan fingerprint density at radius 2 is 2.20 bits per heavy atom. The van der Waals surface area contributed by atoms with Crippen molar-refractivity contribution < 1.29 is 13.2 Å². The van der Waals surface area contributed by atoms with Crippen LogP contribution in [0.25, 0.3) is 0 Å². The summed E-state index contributed by atoms with van der Waals surface area (Å²) in [6, 6.07) is 1.43. The number of nitrogen functional groups attached to an aromatic ring is 1. The second kappa shape index (κ2) is 3.37. The number of nitrogens with two attached hydrogens (primary N) is 1. The van der Waals surface area contributed by atoms with E-state index in [9.17, 15) is 8.42 Å². The third-order valence-corrected chi connectivity index (χ3v) is 4.65. The summed E-state index contributed by atoms with van der Waals surface area (Å²) in [5.74, 6) is 0.267. The summed E-state index contributed by atoms with van der Waals surface area (Å²) in [6.45, 7) is 0. The van der Waals surface area contributed by atoms with Gasteiger partial charge in [0.1, 0.15) is 4.90 Å². The topological polar surface area (TPSA) is 82.3 Å². The lowest BCUT2D eigenvalue weighted by atomic mass is 10.4. The van der Waals surface area contributed by atoms with Gasteiger partial charge in [0.25, 0.3) is 0 Å². The quantitative estimate of drug-likeness (QED) is 0.819. The Bertz CT molecular complexity index is 480. The van der Waals surface area contributed by atoms with Gasteiger partial charge in [-0.3, -0.25) is 0 Å². The zero-order chi connectivity index (χ0) is 11.1. The van der Waals surface area contributed by atoms with Gasteiger partial charge in [-0.1, -0.05) is 0 Å².